The molecule has 0 fully saturated rings. The van der Waals surface area contributed by atoms with Crippen LogP contribution in [0.4, 0.5) is 5.69 Å². The molecule has 25 heavy (non-hydrogen) atoms. The quantitative estimate of drug-likeness (QED) is 0.718. The number of halogens is 1. The lowest BCUT2D eigenvalue weighted by atomic mass is 9.70. The normalized spacial score (nSPS) is 21.2. The van der Waals surface area contributed by atoms with Crippen molar-refractivity contribution in [1.82, 2.24) is 0 Å². The number of carbonyl (C=O) groups is 1. The summed E-state index contributed by atoms with van der Waals surface area (Å²) in [5.74, 6) is -0.372. The minimum Gasteiger partial charge on any atom is -0.462 e. The van der Waals surface area contributed by atoms with E-state index in [9.17, 15) is 9.90 Å². The second kappa shape index (κ2) is 6.81. The topological polar surface area (TPSA) is 58.6 Å². The molecule has 2 aromatic carbocycles. The number of benzene rings is 2. The highest BCUT2D eigenvalue weighted by molar-refractivity contribution is 9.10. The Hall–Kier alpha value is -1.85. The van der Waals surface area contributed by atoms with Crippen LogP contribution < -0.4 is 5.32 Å². The summed E-state index contributed by atoms with van der Waals surface area (Å²) >= 11 is 3.61. The summed E-state index contributed by atoms with van der Waals surface area (Å²) in [5, 5.41) is 14.6. The summed E-state index contributed by atoms with van der Waals surface area (Å²) in [6.07, 6.45) is -0.713. The third-order valence-electron chi connectivity index (χ3n) is 4.82. The lowest BCUT2D eigenvalue weighted by Crippen LogP contribution is -2.39. The van der Waals surface area contributed by atoms with Gasteiger partial charge in [-0.15, -0.1) is 0 Å². The molecular weight excluding hydrogens is 382 g/mol. The Morgan fingerprint density at radius 1 is 1.24 bits per heavy atom. The number of anilines is 1. The van der Waals surface area contributed by atoms with Gasteiger partial charge < -0.3 is 15.2 Å². The lowest BCUT2D eigenvalue weighted by Gasteiger charge is -2.45. The van der Waals surface area contributed by atoms with Crippen molar-refractivity contribution in [2.24, 2.45) is 5.41 Å². The maximum atomic E-state index is 12.0. The zero-order chi connectivity index (χ0) is 18.2. The molecule has 2 aromatic rings. The fourth-order valence-electron chi connectivity index (χ4n) is 3.35. The van der Waals surface area contributed by atoms with Gasteiger partial charge in [-0.25, -0.2) is 4.79 Å². The molecule has 4 nitrogen and oxygen atoms in total. The first-order valence-corrected chi connectivity index (χ1v) is 9.15. The van der Waals surface area contributed by atoms with E-state index >= 15 is 0 Å². The first-order chi connectivity index (χ1) is 11.9. The molecule has 132 valence electrons. The second-order valence-electron chi connectivity index (χ2n) is 6.85. The Balaban J connectivity index is 2.03. The highest BCUT2D eigenvalue weighted by Crippen LogP contribution is 2.52. The molecule has 0 spiro atoms. The number of hydrogen-bond donors (Lipinski definition) is 2. The molecule has 0 saturated heterocycles. The zero-order valence-electron chi connectivity index (χ0n) is 14.5. The summed E-state index contributed by atoms with van der Waals surface area (Å²) in [4.78, 5) is 12.0. The number of ether oxygens (including phenoxy) is 1. The van der Waals surface area contributed by atoms with Gasteiger partial charge >= 0.3 is 5.97 Å². The molecule has 2 N–H and O–H groups in total. The average Bonchev–Trinajstić information content (AvgIpc) is 2.59. The van der Waals surface area contributed by atoms with Crippen LogP contribution in [0.5, 0.6) is 0 Å². The SMILES string of the molecule is CCOC(=O)c1ccc2c(c1)C(O)C(C)(C)C(c1ccccc1Br)N2. The van der Waals surface area contributed by atoms with E-state index in [2.05, 4.69) is 21.2 Å². The fraction of sp³-hybridized carbons (Fsp3) is 0.350. The number of hydrogen-bond acceptors (Lipinski definition) is 4. The Morgan fingerprint density at radius 2 is 1.96 bits per heavy atom. The number of carbonyl (C=O) groups excluding carboxylic acids is 1. The van der Waals surface area contributed by atoms with Crippen molar-refractivity contribution >= 4 is 27.6 Å². The van der Waals surface area contributed by atoms with Gasteiger partial charge in [-0.3, -0.25) is 0 Å². The fourth-order valence-corrected chi connectivity index (χ4v) is 3.86. The maximum absolute atomic E-state index is 12.0. The molecule has 2 unspecified atom stereocenters. The van der Waals surface area contributed by atoms with E-state index in [4.69, 9.17) is 4.74 Å². The molecule has 0 aliphatic carbocycles. The van der Waals surface area contributed by atoms with E-state index in [0.29, 0.717) is 12.2 Å². The van der Waals surface area contributed by atoms with Crippen LogP contribution in [0.3, 0.4) is 0 Å². The van der Waals surface area contributed by atoms with Crippen molar-refractivity contribution in [3.63, 3.8) is 0 Å². The first-order valence-electron chi connectivity index (χ1n) is 8.36. The first kappa shape index (κ1) is 18.0. The van der Waals surface area contributed by atoms with Crippen LogP contribution in [0.2, 0.25) is 0 Å². The van der Waals surface area contributed by atoms with Crippen molar-refractivity contribution in [3.8, 4) is 0 Å². The number of rotatable bonds is 3. The van der Waals surface area contributed by atoms with Crippen LogP contribution in [0.1, 0.15) is 54.4 Å². The molecule has 1 heterocycles. The van der Waals surface area contributed by atoms with Gasteiger partial charge in [0.2, 0.25) is 0 Å². The molecule has 1 aliphatic rings. The van der Waals surface area contributed by atoms with Gasteiger partial charge in [0.25, 0.3) is 0 Å². The second-order valence-corrected chi connectivity index (χ2v) is 7.70. The molecule has 3 rings (SSSR count). The van der Waals surface area contributed by atoms with Crippen LogP contribution in [-0.4, -0.2) is 17.7 Å². The van der Waals surface area contributed by atoms with Crippen LogP contribution in [0, 0.1) is 5.41 Å². The highest BCUT2D eigenvalue weighted by Gasteiger charge is 2.43. The van der Waals surface area contributed by atoms with Crippen LogP contribution in [-0.2, 0) is 4.74 Å². The highest BCUT2D eigenvalue weighted by atomic mass is 79.9. The van der Waals surface area contributed by atoms with Gasteiger partial charge in [-0.1, -0.05) is 48.0 Å². The van der Waals surface area contributed by atoms with Crippen LogP contribution >= 0.6 is 15.9 Å². The molecule has 0 radical (unpaired) electrons. The van der Waals surface area contributed by atoms with E-state index < -0.39 is 11.5 Å². The minimum atomic E-state index is -0.713. The smallest absolute Gasteiger partial charge is 0.338 e. The molecule has 0 aromatic heterocycles. The molecule has 2 atom stereocenters. The van der Waals surface area contributed by atoms with Crippen LogP contribution in [0.25, 0.3) is 0 Å². The van der Waals surface area contributed by atoms with E-state index in [1.807, 2.05) is 44.2 Å². The predicted molar refractivity (Wildman–Crippen MR) is 102 cm³/mol. The van der Waals surface area contributed by atoms with Gasteiger partial charge in [0.05, 0.1) is 24.3 Å². The van der Waals surface area contributed by atoms with Crippen molar-refractivity contribution in [2.45, 2.75) is 32.9 Å². The lowest BCUT2D eigenvalue weighted by molar-refractivity contribution is 0.0286. The summed E-state index contributed by atoms with van der Waals surface area (Å²) in [7, 11) is 0. The summed E-state index contributed by atoms with van der Waals surface area (Å²) in [6, 6.07) is 13.2. The molecule has 0 amide bonds. The van der Waals surface area contributed by atoms with Gasteiger partial charge in [0, 0.05) is 21.1 Å². The predicted octanol–water partition coefficient (Wildman–Crippen LogP) is 4.85. The zero-order valence-corrected chi connectivity index (χ0v) is 16.1. The Kier molecular flexibility index (Phi) is 4.89. The molecule has 5 heteroatoms. The maximum Gasteiger partial charge on any atom is 0.338 e. The molecule has 0 bridgehead atoms. The van der Waals surface area contributed by atoms with Crippen molar-refractivity contribution < 1.29 is 14.6 Å². The summed E-state index contributed by atoms with van der Waals surface area (Å²) in [5.41, 5.74) is 2.63. The molecule has 0 saturated carbocycles. The van der Waals surface area contributed by atoms with Crippen molar-refractivity contribution in [1.29, 1.82) is 0 Å². The monoisotopic (exact) mass is 403 g/mol. The Morgan fingerprint density at radius 3 is 2.64 bits per heavy atom. The number of nitrogens with one attached hydrogen (secondary N) is 1. The Bertz CT molecular complexity index is 803. The Labute approximate surface area is 156 Å². The number of aliphatic hydroxyl groups excluding tert-OH is 1. The van der Waals surface area contributed by atoms with Crippen molar-refractivity contribution in [2.75, 3.05) is 11.9 Å². The number of esters is 1. The van der Waals surface area contributed by atoms with Gasteiger partial charge in [-0.2, -0.15) is 0 Å². The van der Waals surface area contributed by atoms with E-state index in [1.165, 1.54) is 0 Å². The molecule has 1 aliphatic heterocycles. The largest absolute Gasteiger partial charge is 0.462 e. The van der Waals surface area contributed by atoms with Crippen LogP contribution in [0.15, 0.2) is 46.9 Å². The van der Waals surface area contributed by atoms with Crippen molar-refractivity contribution in [3.05, 3.63) is 63.6 Å². The van der Waals surface area contributed by atoms with Gasteiger partial charge in [0.15, 0.2) is 0 Å². The average molecular weight is 404 g/mol. The summed E-state index contributed by atoms with van der Waals surface area (Å²) in [6.45, 7) is 6.15. The summed E-state index contributed by atoms with van der Waals surface area (Å²) < 4.78 is 6.06. The molecular formula is C20H22BrNO3. The van der Waals surface area contributed by atoms with Gasteiger partial charge in [-0.05, 0) is 36.8 Å². The van der Waals surface area contributed by atoms with E-state index in [-0.39, 0.29) is 12.0 Å². The van der Waals surface area contributed by atoms with E-state index in [0.717, 1.165) is 21.3 Å². The third kappa shape index (κ3) is 3.18. The van der Waals surface area contributed by atoms with E-state index in [1.54, 1.807) is 19.1 Å². The minimum absolute atomic E-state index is 0.0704. The van der Waals surface area contributed by atoms with Gasteiger partial charge in [0.1, 0.15) is 0 Å². The number of aliphatic hydroxyl groups is 1. The number of fused-ring (bicyclic) bond motifs is 1. The standard InChI is InChI=1S/C20H22BrNO3/c1-4-25-19(24)12-9-10-16-14(11-12)18(23)20(2,3)17(22-16)13-7-5-6-8-15(13)21/h5-11,17-18,22-23H,4H2,1-3H3. The third-order valence-corrected chi connectivity index (χ3v) is 5.54.